The molecule has 32 heavy (non-hydrogen) atoms. The molecular weight excluding hydrogens is 414 g/mol. The maximum atomic E-state index is 13.1. The van der Waals surface area contributed by atoms with Gasteiger partial charge < -0.3 is 10.2 Å². The first-order chi connectivity index (χ1) is 15.2. The van der Waals surface area contributed by atoms with Crippen molar-refractivity contribution in [1.82, 2.24) is 20.2 Å². The first kappa shape index (κ1) is 21.1. The van der Waals surface area contributed by atoms with Crippen LogP contribution in [0.2, 0.25) is 0 Å². The molecule has 1 spiro atoms. The predicted molar refractivity (Wildman–Crippen MR) is 118 cm³/mol. The minimum absolute atomic E-state index is 0.0469. The van der Waals surface area contributed by atoms with E-state index in [9.17, 15) is 13.6 Å². The summed E-state index contributed by atoms with van der Waals surface area (Å²) in [6, 6.07) is 10.4. The normalized spacial score (nSPS) is 29.3. The lowest BCUT2D eigenvalue weighted by Crippen LogP contribution is -2.57. The van der Waals surface area contributed by atoms with Gasteiger partial charge in [-0.05, 0) is 45.3 Å². The van der Waals surface area contributed by atoms with E-state index in [2.05, 4.69) is 58.5 Å². The molecule has 0 radical (unpaired) electrons. The zero-order valence-electron chi connectivity index (χ0n) is 18.4. The number of aromatic nitrogens is 2. The molecule has 1 aromatic heterocycles. The van der Waals surface area contributed by atoms with E-state index in [0.717, 1.165) is 25.7 Å². The van der Waals surface area contributed by atoms with Crippen LogP contribution in [0.4, 0.5) is 25.2 Å². The molecule has 170 valence electrons. The molecule has 5 rings (SSSR count). The minimum atomic E-state index is -2.67. The number of benzene rings is 1. The van der Waals surface area contributed by atoms with Crippen molar-refractivity contribution in [2.75, 3.05) is 43.5 Å². The number of halogens is 2. The monoisotopic (exact) mass is 442 g/mol. The summed E-state index contributed by atoms with van der Waals surface area (Å²) < 4.78 is 26.2. The second kappa shape index (κ2) is 7.37. The second-order valence-corrected chi connectivity index (χ2v) is 9.54. The van der Waals surface area contributed by atoms with E-state index >= 15 is 0 Å². The molecular formula is C23H28F2N6O. The Labute approximate surface area is 186 Å². The molecule has 1 N–H and O–H groups in total. The fourth-order valence-corrected chi connectivity index (χ4v) is 5.36. The average Bonchev–Trinajstić information content (AvgIpc) is 3.09. The molecule has 2 amide bonds. The molecule has 7 nitrogen and oxygen atoms in total. The summed E-state index contributed by atoms with van der Waals surface area (Å²) in [7, 11) is 4.24. The molecule has 1 saturated carbocycles. The van der Waals surface area contributed by atoms with Crippen LogP contribution in [0, 0.1) is 0 Å². The summed E-state index contributed by atoms with van der Waals surface area (Å²) in [5, 5.41) is 3.22. The van der Waals surface area contributed by atoms with Gasteiger partial charge in [0.05, 0.1) is 43.3 Å². The summed E-state index contributed by atoms with van der Waals surface area (Å²) in [6.45, 7) is -0.183. The molecule has 9 heteroatoms. The Morgan fingerprint density at radius 2 is 1.59 bits per heavy atom. The number of hydrogen-bond donors (Lipinski definition) is 1. The van der Waals surface area contributed by atoms with E-state index in [1.54, 1.807) is 17.3 Å². The van der Waals surface area contributed by atoms with Gasteiger partial charge in [-0.15, -0.1) is 0 Å². The van der Waals surface area contributed by atoms with Crippen molar-refractivity contribution in [2.24, 2.45) is 0 Å². The van der Waals surface area contributed by atoms with Gasteiger partial charge in [0.15, 0.2) is 0 Å². The van der Waals surface area contributed by atoms with Gasteiger partial charge in [-0.25, -0.2) is 23.5 Å². The highest BCUT2D eigenvalue weighted by molar-refractivity contribution is 5.95. The lowest BCUT2D eigenvalue weighted by molar-refractivity contribution is -0.0271. The number of carbonyl (C=O) groups excluding carboxylic acids is 1. The van der Waals surface area contributed by atoms with Crippen LogP contribution in [0.1, 0.15) is 31.2 Å². The first-order valence-electron chi connectivity index (χ1n) is 11.0. The molecule has 3 heterocycles. The molecule has 3 fully saturated rings. The zero-order chi connectivity index (χ0) is 22.6. The van der Waals surface area contributed by atoms with Gasteiger partial charge in [0, 0.05) is 5.54 Å². The number of alkyl halides is 2. The summed E-state index contributed by atoms with van der Waals surface area (Å²) in [4.78, 5) is 26.7. The van der Waals surface area contributed by atoms with E-state index in [4.69, 9.17) is 0 Å². The fourth-order valence-electron chi connectivity index (χ4n) is 5.36. The summed E-state index contributed by atoms with van der Waals surface area (Å²) in [6.07, 6.45) is 6.71. The molecule has 2 saturated heterocycles. The number of rotatable bonds is 4. The van der Waals surface area contributed by atoms with Crippen LogP contribution >= 0.6 is 0 Å². The Morgan fingerprint density at radius 1 is 0.969 bits per heavy atom. The van der Waals surface area contributed by atoms with Crippen molar-refractivity contribution in [3.05, 3.63) is 48.3 Å². The molecule has 0 unspecified atom stereocenters. The van der Waals surface area contributed by atoms with Gasteiger partial charge in [0.2, 0.25) is 5.95 Å². The van der Waals surface area contributed by atoms with Crippen LogP contribution in [0.15, 0.2) is 42.7 Å². The van der Waals surface area contributed by atoms with Crippen molar-refractivity contribution < 1.29 is 13.6 Å². The number of carbonyl (C=O) groups is 1. The molecule has 2 aromatic rings. The summed E-state index contributed by atoms with van der Waals surface area (Å²) >= 11 is 0. The minimum Gasteiger partial charge on any atom is -0.330 e. The standard InChI is InChI=1S/C23H28F2N6O/c1-29(2)22(17-6-4-3-5-7-17)10-8-21(9-11-22)14-31(20(32)28-21)18-12-26-19(27-13-18)30-15-23(24,25)16-30/h3-7,12-13H,8-11,14-16H2,1-2H3,(H,28,32)/t21-,22+. The first-order valence-corrected chi connectivity index (χ1v) is 11.0. The molecule has 0 atom stereocenters. The number of amides is 2. The van der Waals surface area contributed by atoms with Crippen molar-refractivity contribution >= 4 is 17.7 Å². The zero-order valence-corrected chi connectivity index (χ0v) is 18.4. The van der Waals surface area contributed by atoms with E-state index < -0.39 is 5.92 Å². The van der Waals surface area contributed by atoms with E-state index in [1.165, 1.54) is 10.5 Å². The maximum absolute atomic E-state index is 13.1. The van der Waals surface area contributed by atoms with Gasteiger partial charge in [-0.1, -0.05) is 30.3 Å². The van der Waals surface area contributed by atoms with Crippen molar-refractivity contribution in [3.8, 4) is 0 Å². The SMILES string of the molecule is CN(C)[C@]1(c2ccccc2)CC[C@]2(CC1)CN(c1cnc(N3CC(F)(F)C3)nc1)C(=O)N2. The smallest absolute Gasteiger partial charge is 0.322 e. The van der Waals surface area contributed by atoms with E-state index in [-0.39, 0.29) is 36.1 Å². The Bertz CT molecular complexity index is 981. The fraction of sp³-hybridized carbons (Fsp3) is 0.522. The molecule has 1 aliphatic carbocycles. The number of hydrogen-bond acceptors (Lipinski definition) is 5. The maximum Gasteiger partial charge on any atom is 0.322 e. The number of nitrogens with zero attached hydrogens (tertiary/aromatic N) is 5. The second-order valence-electron chi connectivity index (χ2n) is 9.54. The topological polar surface area (TPSA) is 64.6 Å². The third-order valence-corrected chi connectivity index (χ3v) is 7.34. The van der Waals surface area contributed by atoms with Crippen LogP contribution in [-0.4, -0.2) is 66.1 Å². The van der Waals surface area contributed by atoms with Gasteiger partial charge in [-0.2, -0.15) is 0 Å². The lowest BCUT2D eigenvalue weighted by Gasteiger charge is -2.48. The molecule has 0 bridgehead atoms. The van der Waals surface area contributed by atoms with Crippen molar-refractivity contribution in [1.29, 1.82) is 0 Å². The molecule has 1 aromatic carbocycles. The van der Waals surface area contributed by atoms with Crippen molar-refractivity contribution in [3.63, 3.8) is 0 Å². The average molecular weight is 443 g/mol. The summed E-state index contributed by atoms with van der Waals surface area (Å²) in [5.41, 5.74) is 1.56. The highest BCUT2D eigenvalue weighted by Gasteiger charge is 2.50. The third kappa shape index (κ3) is 3.48. The highest BCUT2D eigenvalue weighted by atomic mass is 19.3. The van der Waals surface area contributed by atoms with Crippen LogP contribution in [-0.2, 0) is 5.54 Å². The third-order valence-electron chi connectivity index (χ3n) is 7.34. The van der Waals surface area contributed by atoms with Crippen LogP contribution in [0.5, 0.6) is 0 Å². The van der Waals surface area contributed by atoms with Gasteiger partial charge in [0.25, 0.3) is 5.92 Å². The summed E-state index contributed by atoms with van der Waals surface area (Å²) in [5.74, 6) is -2.41. The Hall–Kier alpha value is -2.81. The molecule has 3 aliphatic rings. The van der Waals surface area contributed by atoms with Crippen LogP contribution in [0.25, 0.3) is 0 Å². The Morgan fingerprint density at radius 3 is 2.16 bits per heavy atom. The van der Waals surface area contributed by atoms with E-state index in [1.807, 2.05) is 6.07 Å². The van der Waals surface area contributed by atoms with Crippen molar-refractivity contribution in [2.45, 2.75) is 42.7 Å². The number of anilines is 2. The van der Waals surface area contributed by atoms with Crippen LogP contribution in [0.3, 0.4) is 0 Å². The highest BCUT2D eigenvalue weighted by Crippen LogP contribution is 2.46. The largest absolute Gasteiger partial charge is 0.330 e. The van der Waals surface area contributed by atoms with Gasteiger partial charge in [0.1, 0.15) is 0 Å². The lowest BCUT2D eigenvalue weighted by atomic mass is 9.69. The molecule has 2 aliphatic heterocycles. The van der Waals surface area contributed by atoms with E-state index in [0.29, 0.717) is 12.2 Å². The quantitative estimate of drug-likeness (QED) is 0.788. The van der Waals surface area contributed by atoms with Gasteiger partial charge in [-0.3, -0.25) is 9.80 Å². The Balaban J connectivity index is 1.29. The Kier molecular flexibility index (Phi) is 4.85. The number of nitrogens with one attached hydrogen (secondary N) is 1. The van der Waals surface area contributed by atoms with Crippen LogP contribution < -0.4 is 15.1 Å². The predicted octanol–water partition coefficient (Wildman–Crippen LogP) is 3.23. The van der Waals surface area contributed by atoms with Gasteiger partial charge >= 0.3 is 6.03 Å². The number of urea groups is 1.